The number of hydrogen-bond donors (Lipinski definition) is 1. The van der Waals surface area contributed by atoms with Crippen molar-refractivity contribution in [2.75, 3.05) is 0 Å². The number of benzene rings is 1. The van der Waals surface area contributed by atoms with Crippen molar-refractivity contribution in [3.8, 4) is 11.5 Å². The van der Waals surface area contributed by atoms with E-state index in [0.29, 0.717) is 11.7 Å². The van der Waals surface area contributed by atoms with E-state index in [4.69, 9.17) is 9.84 Å². The quantitative estimate of drug-likeness (QED) is 0.890. The molecule has 2 aromatic rings. The van der Waals surface area contributed by atoms with E-state index in [9.17, 15) is 4.79 Å². The van der Waals surface area contributed by atoms with Gasteiger partial charge in [0.2, 0.25) is 0 Å². The van der Waals surface area contributed by atoms with Gasteiger partial charge in [-0.25, -0.2) is 9.78 Å². The summed E-state index contributed by atoms with van der Waals surface area (Å²) in [5.41, 5.74) is 0.988. The summed E-state index contributed by atoms with van der Waals surface area (Å²) in [6.07, 6.45) is 2.43. The summed E-state index contributed by atoms with van der Waals surface area (Å²) in [7, 11) is 0. The lowest BCUT2D eigenvalue weighted by molar-refractivity contribution is 0.0687. The van der Waals surface area contributed by atoms with E-state index >= 15 is 0 Å². The Labute approximate surface area is 118 Å². The molecule has 4 nitrogen and oxygen atoms in total. The summed E-state index contributed by atoms with van der Waals surface area (Å²) < 4.78 is 5.78. The molecule has 1 aromatic carbocycles. The molecule has 0 fully saturated rings. The summed E-state index contributed by atoms with van der Waals surface area (Å²) in [6, 6.07) is 11.0. The Morgan fingerprint density at radius 3 is 2.65 bits per heavy atom. The second-order valence-electron chi connectivity index (χ2n) is 4.60. The van der Waals surface area contributed by atoms with Crippen LogP contribution < -0.4 is 4.74 Å². The molecule has 1 atom stereocenters. The zero-order valence-electron chi connectivity index (χ0n) is 11.5. The molecule has 0 bridgehead atoms. The maximum Gasteiger partial charge on any atom is 0.358 e. The predicted octanol–water partition coefficient (Wildman–Crippen LogP) is 4.09. The Balaban J connectivity index is 2.38. The highest BCUT2D eigenvalue weighted by Gasteiger charge is 2.15. The second-order valence-corrected chi connectivity index (χ2v) is 4.60. The van der Waals surface area contributed by atoms with Crippen LogP contribution in [0.4, 0.5) is 0 Å². The first-order valence-electron chi connectivity index (χ1n) is 6.58. The van der Waals surface area contributed by atoms with Crippen LogP contribution in [0.15, 0.2) is 42.6 Å². The van der Waals surface area contributed by atoms with Gasteiger partial charge in [0.05, 0.1) is 0 Å². The van der Waals surface area contributed by atoms with Crippen molar-refractivity contribution in [1.82, 2.24) is 4.98 Å². The SMILES string of the molecule is CCC(C)c1ccccc1Oc1cccnc1C(=O)O. The van der Waals surface area contributed by atoms with E-state index in [-0.39, 0.29) is 11.4 Å². The number of aromatic carboxylic acids is 1. The van der Waals surface area contributed by atoms with E-state index in [1.165, 1.54) is 6.20 Å². The van der Waals surface area contributed by atoms with E-state index < -0.39 is 5.97 Å². The fourth-order valence-corrected chi connectivity index (χ4v) is 1.95. The van der Waals surface area contributed by atoms with E-state index in [1.807, 2.05) is 24.3 Å². The molecular formula is C16H17NO3. The Hall–Kier alpha value is -2.36. The minimum Gasteiger partial charge on any atom is -0.476 e. The van der Waals surface area contributed by atoms with Gasteiger partial charge in [-0.1, -0.05) is 32.0 Å². The van der Waals surface area contributed by atoms with Gasteiger partial charge in [-0.3, -0.25) is 0 Å². The monoisotopic (exact) mass is 271 g/mol. The predicted molar refractivity (Wildman–Crippen MR) is 76.4 cm³/mol. The number of carbonyl (C=O) groups is 1. The topological polar surface area (TPSA) is 59.4 Å². The van der Waals surface area contributed by atoms with Gasteiger partial charge in [0, 0.05) is 6.20 Å². The maximum absolute atomic E-state index is 11.1. The summed E-state index contributed by atoms with van der Waals surface area (Å²) in [4.78, 5) is 15.0. The smallest absolute Gasteiger partial charge is 0.358 e. The highest BCUT2D eigenvalue weighted by atomic mass is 16.5. The van der Waals surface area contributed by atoms with Gasteiger partial charge in [-0.05, 0) is 36.1 Å². The van der Waals surface area contributed by atoms with Crippen molar-refractivity contribution in [2.45, 2.75) is 26.2 Å². The van der Waals surface area contributed by atoms with E-state index in [0.717, 1.165) is 12.0 Å². The van der Waals surface area contributed by atoms with E-state index in [1.54, 1.807) is 12.1 Å². The standard InChI is InChI=1S/C16H17NO3/c1-3-11(2)12-7-4-5-8-13(12)20-14-9-6-10-17-15(14)16(18)19/h4-11H,3H2,1-2H3,(H,18,19). The van der Waals surface area contributed by atoms with Crippen LogP contribution in [-0.4, -0.2) is 16.1 Å². The molecule has 0 saturated carbocycles. The summed E-state index contributed by atoms with van der Waals surface area (Å²) >= 11 is 0. The largest absolute Gasteiger partial charge is 0.476 e. The first-order valence-corrected chi connectivity index (χ1v) is 6.58. The molecule has 0 radical (unpaired) electrons. The Morgan fingerprint density at radius 2 is 1.95 bits per heavy atom. The molecule has 0 amide bonds. The molecule has 0 saturated heterocycles. The zero-order chi connectivity index (χ0) is 14.5. The third kappa shape index (κ3) is 2.96. The van der Waals surface area contributed by atoms with Gasteiger partial charge < -0.3 is 9.84 Å². The Morgan fingerprint density at radius 1 is 1.25 bits per heavy atom. The molecule has 2 rings (SSSR count). The summed E-state index contributed by atoms with van der Waals surface area (Å²) in [5.74, 6) is 0.186. The number of ether oxygens (including phenoxy) is 1. The number of rotatable bonds is 5. The van der Waals surface area contributed by atoms with Crippen molar-refractivity contribution in [2.24, 2.45) is 0 Å². The van der Waals surface area contributed by atoms with Crippen LogP contribution in [-0.2, 0) is 0 Å². The minimum atomic E-state index is -1.10. The summed E-state index contributed by atoms with van der Waals surface area (Å²) in [6.45, 7) is 4.22. The second kappa shape index (κ2) is 6.19. The number of carboxylic acid groups (broad SMARTS) is 1. The van der Waals surface area contributed by atoms with Crippen molar-refractivity contribution in [3.05, 3.63) is 53.9 Å². The Kier molecular flexibility index (Phi) is 4.35. The number of pyridine rings is 1. The van der Waals surface area contributed by atoms with Crippen LogP contribution in [0.1, 0.15) is 42.2 Å². The molecule has 1 heterocycles. The third-order valence-electron chi connectivity index (χ3n) is 3.26. The lowest BCUT2D eigenvalue weighted by Crippen LogP contribution is -2.04. The Bertz CT molecular complexity index is 610. The third-order valence-corrected chi connectivity index (χ3v) is 3.26. The van der Waals surface area contributed by atoms with Gasteiger partial charge in [-0.15, -0.1) is 0 Å². The zero-order valence-corrected chi connectivity index (χ0v) is 11.5. The molecule has 1 unspecified atom stereocenters. The molecule has 4 heteroatoms. The van der Waals surface area contributed by atoms with Crippen LogP contribution in [0.3, 0.4) is 0 Å². The lowest BCUT2D eigenvalue weighted by Gasteiger charge is -2.15. The van der Waals surface area contributed by atoms with Gasteiger partial charge in [0.15, 0.2) is 11.4 Å². The normalized spacial score (nSPS) is 11.9. The molecule has 20 heavy (non-hydrogen) atoms. The molecule has 1 aromatic heterocycles. The van der Waals surface area contributed by atoms with Crippen molar-refractivity contribution in [3.63, 3.8) is 0 Å². The van der Waals surface area contributed by atoms with Crippen LogP contribution in [0.2, 0.25) is 0 Å². The highest BCUT2D eigenvalue weighted by Crippen LogP contribution is 2.32. The van der Waals surface area contributed by atoms with E-state index in [2.05, 4.69) is 18.8 Å². The van der Waals surface area contributed by atoms with Crippen LogP contribution in [0.25, 0.3) is 0 Å². The van der Waals surface area contributed by atoms with Crippen LogP contribution in [0.5, 0.6) is 11.5 Å². The fraction of sp³-hybridized carbons (Fsp3) is 0.250. The molecular weight excluding hydrogens is 254 g/mol. The first-order chi connectivity index (χ1) is 9.63. The van der Waals surface area contributed by atoms with Gasteiger partial charge in [0.25, 0.3) is 0 Å². The highest BCUT2D eigenvalue weighted by molar-refractivity contribution is 5.88. The van der Waals surface area contributed by atoms with Crippen LogP contribution >= 0.6 is 0 Å². The van der Waals surface area contributed by atoms with Gasteiger partial charge >= 0.3 is 5.97 Å². The first kappa shape index (κ1) is 14.1. The summed E-state index contributed by atoms with van der Waals surface area (Å²) in [5, 5.41) is 9.13. The lowest BCUT2D eigenvalue weighted by atomic mass is 9.98. The molecule has 0 aliphatic heterocycles. The van der Waals surface area contributed by atoms with Crippen LogP contribution in [0, 0.1) is 0 Å². The number of hydrogen-bond acceptors (Lipinski definition) is 3. The molecule has 1 N–H and O–H groups in total. The average molecular weight is 271 g/mol. The number of aromatic nitrogens is 1. The van der Waals surface area contributed by atoms with Crippen molar-refractivity contribution >= 4 is 5.97 Å². The fourth-order valence-electron chi connectivity index (χ4n) is 1.95. The molecule has 0 spiro atoms. The molecule has 0 aliphatic carbocycles. The van der Waals surface area contributed by atoms with Gasteiger partial charge in [0.1, 0.15) is 5.75 Å². The number of para-hydroxylation sites is 1. The average Bonchev–Trinajstić information content (AvgIpc) is 2.47. The minimum absolute atomic E-state index is 0.0774. The molecule has 0 aliphatic rings. The molecule has 104 valence electrons. The van der Waals surface area contributed by atoms with Crippen molar-refractivity contribution < 1.29 is 14.6 Å². The number of carboxylic acids is 1. The maximum atomic E-state index is 11.1. The number of nitrogens with zero attached hydrogens (tertiary/aromatic N) is 1. The van der Waals surface area contributed by atoms with Crippen molar-refractivity contribution in [1.29, 1.82) is 0 Å². The van der Waals surface area contributed by atoms with Gasteiger partial charge in [-0.2, -0.15) is 0 Å².